The third-order valence-electron chi connectivity index (χ3n) is 1.78. The van der Waals surface area contributed by atoms with Crippen LogP contribution in [0.3, 0.4) is 0 Å². The number of hydrogen-bond acceptors (Lipinski definition) is 2. The number of fused-ring (bicyclic) bond motifs is 1. The molecule has 2 aromatic rings. The fourth-order valence-electron chi connectivity index (χ4n) is 1.19. The zero-order chi connectivity index (χ0) is 11.8. The SMILES string of the molecule is CC.CC.Cc1cc2c(C)ccnc2s1. The van der Waals surface area contributed by atoms with Crippen LogP contribution < -0.4 is 0 Å². The zero-order valence-electron chi connectivity index (χ0n) is 10.6. The lowest BCUT2D eigenvalue weighted by Crippen LogP contribution is -1.74. The second kappa shape index (κ2) is 7.41. The highest BCUT2D eigenvalue weighted by Gasteiger charge is 2.00. The maximum atomic E-state index is 4.28. The molecule has 0 amide bonds. The summed E-state index contributed by atoms with van der Waals surface area (Å²) in [5, 5.41) is 1.30. The molecule has 2 heterocycles. The number of hydrogen-bond donors (Lipinski definition) is 0. The van der Waals surface area contributed by atoms with Crippen LogP contribution in [0.15, 0.2) is 18.3 Å². The molecule has 0 aromatic carbocycles. The topological polar surface area (TPSA) is 12.9 Å². The van der Waals surface area contributed by atoms with Gasteiger partial charge in [0.15, 0.2) is 0 Å². The van der Waals surface area contributed by atoms with Crippen LogP contribution in [0.25, 0.3) is 10.2 Å². The van der Waals surface area contributed by atoms with E-state index >= 15 is 0 Å². The Bertz CT molecular complexity index is 390. The van der Waals surface area contributed by atoms with Crippen molar-refractivity contribution in [3.63, 3.8) is 0 Å². The quantitative estimate of drug-likeness (QED) is 0.614. The molecule has 0 saturated carbocycles. The van der Waals surface area contributed by atoms with Gasteiger partial charge in [0.1, 0.15) is 4.83 Å². The average Bonchev–Trinajstić information content (AvgIpc) is 2.66. The van der Waals surface area contributed by atoms with Crippen molar-refractivity contribution >= 4 is 21.6 Å². The molecule has 2 rings (SSSR count). The molecule has 0 fully saturated rings. The van der Waals surface area contributed by atoms with Crippen LogP contribution in [-0.2, 0) is 0 Å². The van der Waals surface area contributed by atoms with E-state index in [1.54, 1.807) is 11.3 Å². The van der Waals surface area contributed by atoms with E-state index in [1.807, 2.05) is 33.9 Å². The van der Waals surface area contributed by atoms with Crippen LogP contribution in [0.5, 0.6) is 0 Å². The number of thiophene rings is 1. The Morgan fingerprint density at radius 2 is 1.67 bits per heavy atom. The van der Waals surface area contributed by atoms with E-state index < -0.39 is 0 Å². The van der Waals surface area contributed by atoms with Crippen molar-refractivity contribution in [3.05, 3.63) is 28.8 Å². The van der Waals surface area contributed by atoms with Gasteiger partial charge in [-0.05, 0) is 31.5 Å². The molecular formula is C13H21NS. The predicted molar refractivity (Wildman–Crippen MR) is 71.8 cm³/mol. The molecule has 0 aliphatic carbocycles. The summed E-state index contributed by atoms with van der Waals surface area (Å²) < 4.78 is 0. The lowest BCUT2D eigenvalue weighted by atomic mass is 10.2. The first-order valence-electron chi connectivity index (χ1n) is 5.59. The fourth-order valence-corrected chi connectivity index (χ4v) is 2.11. The Morgan fingerprint density at radius 1 is 1.07 bits per heavy atom. The summed E-state index contributed by atoms with van der Waals surface area (Å²) in [6.07, 6.45) is 1.87. The van der Waals surface area contributed by atoms with Crippen LogP contribution in [-0.4, -0.2) is 4.98 Å². The molecule has 0 N–H and O–H groups in total. The van der Waals surface area contributed by atoms with E-state index in [0.29, 0.717) is 0 Å². The van der Waals surface area contributed by atoms with Crippen LogP contribution in [0.1, 0.15) is 38.1 Å². The number of nitrogens with zero attached hydrogens (tertiary/aromatic N) is 1. The number of aromatic nitrogens is 1. The summed E-state index contributed by atoms with van der Waals surface area (Å²) in [6.45, 7) is 12.2. The Kier molecular flexibility index (Phi) is 6.97. The highest BCUT2D eigenvalue weighted by Crippen LogP contribution is 2.24. The van der Waals surface area contributed by atoms with E-state index in [2.05, 4.69) is 31.0 Å². The summed E-state index contributed by atoms with van der Waals surface area (Å²) >= 11 is 1.76. The van der Waals surface area contributed by atoms with E-state index in [4.69, 9.17) is 0 Å². The minimum absolute atomic E-state index is 1.16. The fraction of sp³-hybridized carbons (Fsp3) is 0.462. The third kappa shape index (κ3) is 3.63. The lowest BCUT2D eigenvalue weighted by molar-refractivity contribution is 1.40. The molecule has 0 radical (unpaired) electrons. The van der Waals surface area contributed by atoms with Gasteiger partial charge in [0.25, 0.3) is 0 Å². The number of pyridine rings is 1. The predicted octanol–water partition coefficient (Wildman–Crippen LogP) is 4.97. The summed E-state index contributed by atoms with van der Waals surface area (Å²) in [4.78, 5) is 6.77. The van der Waals surface area contributed by atoms with E-state index in [9.17, 15) is 0 Å². The average molecular weight is 223 g/mol. The minimum atomic E-state index is 1.16. The molecule has 84 valence electrons. The Hall–Kier alpha value is -0.890. The summed E-state index contributed by atoms with van der Waals surface area (Å²) in [5.74, 6) is 0. The maximum Gasteiger partial charge on any atom is 0.123 e. The zero-order valence-corrected chi connectivity index (χ0v) is 11.4. The molecule has 15 heavy (non-hydrogen) atoms. The van der Waals surface area contributed by atoms with E-state index in [1.165, 1.54) is 15.8 Å². The van der Waals surface area contributed by atoms with Gasteiger partial charge in [-0.1, -0.05) is 27.7 Å². The Labute approximate surface area is 97.2 Å². The van der Waals surface area contributed by atoms with E-state index in [-0.39, 0.29) is 0 Å². The number of rotatable bonds is 0. The van der Waals surface area contributed by atoms with Gasteiger partial charge in [-0.15, -0.1) is 11.3 Å². The first-order valence-corrected chi connectivity index (χ1v) is 6.41. The summed E-state index contributed by atoms with van der Waals surface area (Å²) in [6, 6.07) is 4.25. The molecule has 2 heteroatoms. The molecule has 0 spiro atoms. The largest absolute Gasteiger partial charge is 0.245 e. The molecule has 1 nitrogen and oxygen atoms in total. The van der Waals surface area contributed by atoms with Crippen molar-refractivity contribution in [1.29, 1.82) is 0 Å². The standard InChI is InChI=1S/C9H9NS.2C2H6/c1-6-3-4-10-9-8(6)5-7(2)11-9;2*1-2/h3-5H,1-2H3;2*1-2H3. The monoisotopic (exact) mass is 223 g/mol. The van der Waals surface area contributed by atoms with Crippen LogP contribution in [0.4, 0.5) is 0 Å². The molecule has 0 saturated heterocycles. The van der Waals surface area contributed by atoms with Gasteiger partial charge in [-0.25, -0.2) is 4.98 Å². The van der Waals surface area contributed by atoms with Gasteiger partial charge >= 0.3 is 0 Å². The first-order chi connectivity index (χ1) is 7.27. The maximum absolute atomic E-state index is 4.28. The molecular weight excluding hydrogens is 202 g/mol. The van der Waals surface area contributed by atoms with Crippen LogP contribution in [0.2, 0.25) is 0 Å². The van der Waals surface area contributed by atoms with Crippen LogP contribution >= 0.6 is 11.3 Å². The molecule has 0 atom stereocenters. The second-order valence-electron chi connectivity index (χ2n) is 2.70. The second-order valence-corrected chi connectivity index (χ2v) is 3.94. The van der Waals surface area contributed by atoms with Gasteiger partial charge in [-0.2, -0.15) is 0 Å². The van der Waals surface area contributed by atoms with Crippen LogP contribution in [0, 0.1) is 13.8 Å². The first kappa shape index (κ1) is 14.1. The van der Waals surface area contributed by atoms with Gasteiger partial charge in [0, 0.05) is 16.5 Å². The van der Waals surface area contributed by atoms with Crippen molar-refractivity contribution in [1.82, 2.24) is 4.98 Å². The Morgan fingerprint density at radius 3 is 2.20 bits per heavy atom. The summed E-state index contributed by atoms with van der Waals surface area (Å²) in [7, 11) is 0. The van der Waals surface area contributed by atoms with Crippen molar-refractivity contribution in [2.75, 3.05) is 0 Å². The smallest absolute Gasteiger partial charge is 0.123 e. The molecule has 2 aromatic heterocycles. The van der Waals surface area contributed by atoms with Gasteiger partial charge in [-0.3, -0.25) is 0 Å². The number of aryl methyl sites for hydroxylation is 2. The molecule has 0 aliphatic rings. The van der Waals surface area contributed by atoms with Gasteiger partial charge in [0.2, 0.25) is 0 Å². The third-order valence-corrected chi connectivity index (χ3v) is 2.74. The Balaban J connectivity index is 0.000000442. The van der Waals surface area contributed by atoms with Gasteiger partial charge in [0.05, 0.1) is 0 Å². The van der Waals surface area contributed by atoms with Crippen molar-refractivity contribution in [3.8, 4) is 0 Å². The molecule has 0 unspecified atom stereocenters. The molecule has 0 aliphatic heterocycles. The van der Waals surface area contributed by atoms with Gasteiger partial charge < -0.3 is 0 Å². The van der Waals surface area contributed by atoms with Crippen molar-refractivity contribution < 1.29 is 0 Å². The normalized spacial score (nSPS) is 8.67. The van der Waals surface area contributed by atoms with Crippen molar-refractivity contribution in [2.24, 2.45) is 0 Å². The van der Waals surface area contributed by atoms with E-state index in [0.717, 1.165) is 4.83 Å². The molecule has 0 bridgehead atoms. The summed E-state index contributed by atoms with van der Waals surface area (Å²) in [5.41, 5.74) is 1.32. The minimum Gasteiger partial charge on any atom is -0.245 e. The van der Waals surface area contributed by atoms with Crippen molar-refractivity contribution in [2.45, 2.75) is 41.5 Å². The highest BCUT2D eigenvalue weighted by molar-refractivity contribution is 7.18. The lowest BCUT2D eigenvalue weighted by Gasteiger charge is -1.90. The highest BCUT2D eigenvalue weighted by atomic mass is 32.1.